The third-order valence-corrected chi connectivity index (χ3v) is 0.922. The molecule has 0 aliphatic heterocycles. The lowest BCUT2D eigenvalue weighted by Gasteiger charge is -1.89. The zero-order valence-corrected chi connectivity index (χ0v) is 4.39. The van der Waals surface area contributed by atoms with E-state index in [-0.39, 0.29) is 0 Å². The van der Waals surface area contributed by atoms with Crippen molar-refractivity contribution < 1.29 is 0 Å². The van der Waals surface area contributed by atoms with E-state index in [4.69, 9.17) is 11.5 Å². The van der Waals surface area contributed by atoms with Gasteiger partial charge in [-0.25, -0.2) is 0 Å². The molecule has 0 radical (unpaired) electrons. The molecule has 0 aromatic heterocycles. The summed E-state index contributed by atoms with van der Waals surface area (Å²) in [7, 11) is 0. The van der Waals surface area contributed by atoms with Crippen LogP contribution in [0.1, 0.15) is 0 Å². The summed E-state index contributed by atoms with van der Waals surface area (Å²) in [4.78, 5) is 0. The van der Waals surface area contributed by atoms with Gasteiger partial charge in [0.1, 0.15) is 6.08 Å². The van der Waals surface area contributed by atoms with E-state index in [2.05, 4.69) is 6.08 Å². The van der Waals surface area contributed by atoms with Crippen LogP contribution in [0.15, 0.2) is 29.6 Å². The number of hydrogen-bond donors (Lipinski definition) is 2. The summed E-state index contributed by atoms with van der Waals surface area (Å²) in [6.45, 7) is 0. The molecule has 1 aliphatic rings. The van der Waals surface area contributed by atoms with Gasteiger partial charge in [-0.05, 0) is 0 Å². The smallest absolute Gasteiger partial charge is 0.224 e. The van der Waals surface area contributed by atoms with Crippen molar-refractivity contribution in [2.45, 2.75) is 0 Å². The molecule has 0 atom stereocenters. The summed E-state index contributed by atoms with van der Waals surface area (Å²) < 4.78 is 0. The SMILES string of the molecule is NC1=[C+]C=CC=C1N. The molecule has 2 heteroatoms. The Kier molecular flexibility index (Phi) is 1.03. The van der Waals surface area contributed by atoms with Crippen LogP contribution < -0.4 is 11.5 Å². The van der Waals surface area contributed by atoms with Crippen LogP contribution in [-0.2, 0) is 0 Å². The number of allylic oxidation sites excluding steroid dienone is 4. The Balaban J connectivity index is 2.93. The summed E-state index contributed by atoms with van der Waals surface area (Å²) in [5.41, 5.74) is 11.8. The van der Waals surface area contributed by atoms with E-state index in [0.717, 1.165) is 0 Å². The van der Waals surface area contributed by atoms with Gasteiger partial charge in [-0.3, -0.25) is 0 Å². The predicted octanol–water partition coefficient (Wildman–Crippen LogP) is 0.0446. The van der Waals surface area contributed by atoms with E-state index in [0.29, 0.717) is 11.4 Å². The average Bonchev–Trinajstić information content (AvgIpc) is 1.77. The molecular weight excluding hydrogens is 100 g/mol. The minimum absolute atomic E-state index is 0.521. The summed E-state index contributed by atoms with van der Waals surface area (Å²) in [5, 5.41) is 0. The van der Waals surface area contributed by atoms with Crippen LogP contribution in [0.4, 0.5) is 0 Å². The molecule has 0 fully saturated rings. The van der Waals surface area contributed by atoms with Gasteiger partial charge < -0.3 is 11.5 Å². The van der Waals surface area contributed by atoms with E-state index in [9.17, 15) is 0 Å². The molecule has 0 bridgehead atoms. The second-order valence-electron chi connectivity index (χ2n) is 1.54. The van der Waals surface area contributed by atoms with Crippen LogP contribution >= 0.6 is 0 Å². The number of hydrogen-bond acceptors (Lipinski definition) is 2. The highest BCUT2D eigenvalue weighted by Gasteiger charge is 2.04. The first-order valence-corrected chi connectivity index (χ1v) is 2.32. The summed E-state index contributed by atoms with van der Waals surface area (Å²) in [5.74, 6) is 0. The van der Waals surface area contributed by atoms with Crippen molar-refractivity contribution in [2.75, 3.05) is 0 Å². The van der Waals surface area contributed by atoms with E-state index < -0.39 is 0 Å². The standard InChI is InChI=1S/C6H7N2/c7-5-3-1-2-4-6(5)8/h1-3H,7-8H2/q+1. The Morgan fingerprint density at radius 2 is 2.12 bits per heavy atom. The molecule has 2 nitrogen and oxygen atoms in total. The number of nitrogens with two attached hydrogens (primary N) is 2. The summed E-state index contributed by atoms with van der Waals surface area (Å²) in [6, 6.07) is 0. The quantitative estimate of drug-likeness (QED) is 0.429. The van der Waals surface area contributed by atoms with E-state index in [1.54, 1.807) is 18.2 Å². The molecule has 0 saturated carbocycles. The third kappa shape index (κ3) is 0.695. The van der Waals surface area contributed by atoms with Crippen molar-refractivity contribution >= 4 is 0 Å². The maximum absolute atomic E-state index is 5.36. The predicted molar refractivity (Wildman–Crippen MR) is 32.4 cm³/mol. The molecule has 0 spiro atoms. The fourth-order valence-electron chi connectivity index (χ4n) is 0.463. The van der Waals surface area contributed by atoms with Crippen LogP contribution in [0.3, 0.4) is 0 Å². The van der Waals surface area contributed by atoms with E-state index in [1.165, 1.54) is 0 Å². The first-order chi connectivity index (χ1) is 3.80. The Morgan fingerprint density at radius 3 is 2.50 bits per heavy atom. The topological polar surface area (TPSA) is 52.0 Å². The normalized spacial score (nSPS) is 16.5. The van der Waals surface area contributed by atoms with Gasteiger partial charge in [0.05, 0.1) is 12.2 Å². The lowest BCUT2D eigenvalue weighted by atomic mass is 10.2. The van der Waals surface area contributed by atoms with Gasteiger partial charge in [0, 0.05) is 6.08 Å². The summed E-state index contributed by atoms with van der Waals surface area (Å²) >= 11 is 0. The molecule has 0 amide bonds. The van der Waals surface area contributed by atoms with Gasteiger partial charge in [-0.1, -0.05) is 0 Å². The maximum atomic E-state index is 5.36. The zero-order valence-electron chi connectivity index (χ0n) is 4.39. The van der Waals surface area contributed by atoms with Crippen LogP contribution in [0, 0.1) is 6.08 Å². The first kappa shape index (κ1) is 4.88. The second-order valence-corrected chi connectivity index (χ2v) is 1.54. The maximum Gasteiger partial charge on any atom is 0.224 e. The lowest BCUT2D eigenvalue weighted by Crippen LogP contribution is -2.09. The average molecular weight is 107 g/mol. The fourth-order valence-corrected chi connectivity index (χ4v) is 0.463. The third-order valence-electron chi connectivity index (χ3n) is 0.922. The molecule has 0 aromatic rings. The molecule has 0 heterocycles. The van der Waals surface area contributed by atoms with Crippen molar-refractivity contribution in [1.29, 1.82) is 0 Å². The van der Waals surface area contributed by atoms with Crippen molar-refractivity contribution in [2.24, 2.45) is 11.5 Å². The monoisotopic (exact) mass is 107 g/mol. The molecule has 1 aliphatic carbocycles. The molecular formula is C6H7N2+. The highest BCUT2D eigenvalue weighted by molar-refractivity contribution is 5.33. The molecule has 4 N–H and O–H groups in total. The van der Waals surface area contributed by atoms with Crippen LogP contribution in [0.5, 0.6) is 0 Å². The highest BCUT2D eigenvalue weighted by atomic mass is 14.7. The zero-order chi connectivity index (χ0) is 5.98. The lowest BCUT2D eigenvalue weighted by molar-refractivity contribution is 1.22. The molecule has 40 valence electrons. The van der Waals surface area contributed by atoms with Crippen molar-refractivity contribution in [3.8, 4) is 0 Å². The van der Waals surface area contributed by atoms with Gasteiger partial charge in [-0.15, -0.1) is 0 Å². The van der Waals surface area contributed by atoms with E-state index >= 15 is 0 Å². The van der Waals surface area contributed by atoms with Crippen LogP contribution in [0.2, 0.25) is 0 Å². The van der Waals surface area contributed by atoms with Crippen LogP contribution in [-0.4, -0.2) is 0 Å². The summed E-state index contributed by atoms with van der Waals surface area (Å²) in [6.07, 6.45) is 8.02. The van der Waals surface area contributed by atoms with Crippen molar-refractivity contribution in [1.82, 2.24) is 0 Å². The number of rotatable bonds is 0. The first-order valence-electron chi connectivity index (χ1n) is 2.32. The largest absolute Gasteiger partial charge is 0.368 e. The van der Waals surface area contributed by atoms with Gasteiger partial charge in [0.2, 0.25) is 5.70 Å². The molecule has 0 saturated heterocycles. The molecule has 0 unspecified atom stereocenters. The van der Waals surface area contributed by atoms with Gasteiger partial charge in [-0.2, -0.15) is 0 Å². The van der Waals surface area contributed by atoms with E-state index in [1.807, 2.05) is 0 Å². The Morgan fingerprint density at radius 1 is 1.38 bits per heavy atom. The Bertz CT molecular complexity index is 155. The Hall–Kier alpha value is -1.27. The van der Waals surface area contributed by atoms with Crippen LogP contribution in [0.25, 0.3) is 0 Å². The fraction of sp³-hybridized carbons (Fsp3) is 0. The van der Waals surface area contributed by atoms with Gasteiger partial charge >= 0.3 is 0 Å². The van der Waals surface area contributed by atoms with Crippen molar-refractivity contribution in [3.63, 3.8) is 0 Å². The molecule has 0 aromatic carbocycles. The highest BCUT2D eigenvalue weighted by Crippen LogP contribution is 2.00. The van der Waals surface area contributed by atoms with Gasteiger partial charge in [0.25, 0.3) is 0 Å². The molecule has 1 rings (SSSR count). The van der Waals surface area contributed by atoms with Gasteiger partial charge in [0.15, 0.2) is 5.70 Å². The Labute approximate surface area is 48.2 Å². The van der Waals surface area contributed by atoms with Crippen molar-refractivity contribution in [3.05, 3.63) is 35.7 Å². The molecule has 8 heavy (non-hydrogen) atoms. The second kappa shape index (κ2) is 1.68. The minimum atomic E-state index is 0.521. The minimum Gasteiger partial charge on any atom is -0.368 e.